The minimum Gasteiger partial charge on any atom is -0.508 e. The first-order valence-electron chi connectivity index (χ1n) is 15.0. The summed E-state index contributed by atoms with van der Waals surface area (Å²) in [6, 6.07) is 15.0. The van der Waals surface area contributed by atoms with Crippen LogP contribution in [0.4, 0.5) is 0 Å². The van der Waals surface area contributed by atoms with Crippen LogP contribution in [0.1, 0.15) is 69.4 Å². The Balaban J connectivity index is 1.27. The maximum atomic E-state index is 13.9. The van der Waals surface area contributed by atoms with Crippen molar-refractivity contribution < 1.29 is 24.4 Å². The lowest BCUT2D eigenvalue weighted by atomic mass is 9.58. The van der Waals surface area contributed by atoms with E-state index < -0.39 is 13.0 Å². The van der Waals surface area contributed by atoms with Crippen molar-refractivity contribution in [3.8, 4) is 5.75 Å². The summed E-state index contributed by atoms with van der Waals surface area (Å²) in [6.07, 6.45) is 8.94. The first-order valence-corrected chi connectivity index (χ1v) is 15.3. The minimum absolute atomic E-state index is 0.0112. The summed E-state index contributed by atoms with van der Waals surface area (Å²) < 4.78 is 6.16. The van der Waals surface area contributed by atoms with E-state index in [9.17, 15) is 19.7 Å². The van der Waals surface area contributed by atoms with Crippen LogP contribution in [0.2, 0.25) is 11.3 Å². The predicted octanol–water partition coefficient (Wildman–Crippen LogP) is 6.52. The van der Waals surface area contributed by atoms with Gasteiger partial charge in [-0.15, -0.1) is 0 Å². The lowest BCUT2D eigenvalue weighted by Crippen LogP contribution is -2.46. The minimum atomic E-state index is -0.984. The van der Waals surface area contributed by atoms with Crippen molar-refractivity contribution in [3.05, 3.63) is 75.8 Å². The zero-order valence-corrected chi connectivity index (χ0v) is 24.2. The van der Waals surface area contributed by atoms with Crippen LogP contribution in [0.5, 0.6) is 5.75 Å². The van der Waals surface area contributed by atoms with Crippen LogP contribution >= 0.6 is 11.6 Å². The van der Waals surface area contributed by atoms with Crippen molar-refractivity contribution in [2.24, 2.45) is 17.8 Å². The molecule has 2 aromatic carbocycles. The molecule has 6 rings (SSSR count). The third-order valence-corrected chi connectivity index (χ3v) is 9.89. The first kappa shape index (κ1) is 28.3. The normalized spacial score (nSPS) is 27.3. The van der Waals surface area contributed by atoms with Gasteiger partial charge in [-0.25, -0.2) is 0 Å². The number of likely N-dealkylation sites (tertiary alicyclic amines) is 1. The molecule has 6 nitrogen and oxygen atoms in total. The molecule has 2 aliphatic heterocycles. The van der Waals surface area contributed by atoms with Gasteiger partial charge in [0.2, 0.25) is 11.8 Å². The number of aromatic hydroxyl groups is 1. The molecular formula is C33H37BClNO5. The molecule has 0 bridgehead atoms. The molecule has 2 saturated heterocycles. The molecule has 0 aromatic heterocycles. The van der Waals surface area contributed by atoms with Crippen molar-refractivity contribution >= 4 is 42.2 Å². The SMILES string of the molecule is CC1=C2[C@@H](CC/C(=C/c3ccc(O)cc3Cl)c3ccccc3)OB(O)C[C@@H]2[C@@H]2C(=O)N(C3CCCCC3)C(=O)[C@@H]2C1. The summed E-state index contributed by atoms with van der Waals surface area (Å²) in [5.41, 5.74) is 5.13. The van der Waals surface area contributed by atoms with Gasteiger partial charge in [0.25, 0.3) is 0 Å². The van der Waals surface area contributed by atoms with E-state index in [1.54, 1.807) is 17.0 Å². The molecule has 1 saturated carbocycles. The zero-order valence-electron chi connectivity index (χ0n) is 23.5. The van der Waals surface area contributed by atoms with Crippen molar-refractivity contribution in [1.29, 1.82) is 0 Å². The van der Waals surface area contributed by atoms with Gasteiger partial charge in [0.15, 0.2) is 0 Å². The molecule has 0 spiro atoms. The summed E-state index contributed by atoms with van der Waals surface area (Å²) in [6.45, 7) is 2.07. The number of carbonyl (C=O) groups is 2. The number of benzene rings is 2. The van der Waals surface area contributed by atoms with Gasteiger partial charge >= 0.3 is 7.12 Å². The highest BCUT2D eigenvalue weighted by Gasteiger charge is 2.57. The van der Waals surface area contributed by atoms with Crippen molar-refractivity contribution in [3.63, 3.8) is 0 Å². The lowest BCUT2D eigenvalue weighted by Gasteiger charge is -2.42. The second kappa shape index (κ2) is 11.8. The van der Waals surface area contributed by atoms with Crippen LogP contribution in [-0.2, 0) is 14.2 Å². The van der Waals surface area contributed by atoms with Crippen LogP contribution in [0.3, 0.4) is 0 Å². The predicted molar refractivity (Wildman–Crippen MR) is 161 cm³/mol. The third-order valence-electron chi connectivity index (χ3n) is 9.56. The van der Waals surface area contributed by atoms with E-state index in [1.165, 1.54) is 6.07 Å². The number of nitrogens with zero attached hydrogens (tertiary/aromatic N) is 1. The number of fused-ring (bicyclic) bond motifs is 3. The molecule has 2 amide bonds. The Labute approximate surface area is 247 Å². The molecule has 4 aliphatic rings. The van der Waals surface area contributed by atoms with Gasteiger partial charge in [-0.2, -0.15) is 0 Å². The zero-order chi connectivity index (χ0) is 28.7. The molecule has 4 atom stereocenters. The fourth-order valence-electron chi connectivity index (χ4n) is 7.70. The Morgan fingerprint density at radius 1 is 1.07 bits per heavy atom. The van der Waals surface area contributed by atoms with Gasteiger partial charge in [-0.3, -0.25) is 14.5 Å². The summed E-state index contributed by atoms with van der Waals surface area (Å²) in [5.74, 6) is -0.874. The topological polar surface area (TPSA) is 87.1 Å². The second-order valence-electron chi connectivity index (χ2n) is 12.1. The van der Waals surface area contributed by atoms with Crippen LogP contribution in [0.15, 0.2) is 59.7 Å². The number of halogens is 1. The summed E-state index contributed by atoms with van der Waals surface area (Å²) >= 11 is 6.45. The Kier molecular flexibility index (Phi) is 8.13. The number of allylic oxidation sites excluding steroid dienone is 2. The molecule has 3 fully saturated rings. The number of phenolic OH excluding ortho intramolecular Hbond substituents is 1. The van der Waals surface area contributed by atoms with Crippen LogP contribution in [-0.4, -0.2) is 46.1 Å². The Bertz CT molecular complexity index is 1390. The number of phenols is 1. The van der Waals surface area contributed by atoms with Gasteiger partial charge < -0.3 is 14.8 Å². The van der Waals surface area contributed by atoms with Gasteiger partial charge in [0.05, 0.1) is 23.0 Å². The second-order valence-corrected chi connectivity index (χ2v) is 12.5. The molecule has 2 heterocycles. The van der Waals surface area contributed by atoms with Crippen molar-refractivity contribution in [1.82, 2.24) is 4.90 Å². The Hall–Kier alpha value is -2.87. The summed E-state index contributed by atoms with van der Waals surface area (Å²) in [5, 5.41) is 21.1. The molecule has 2 N–H and O–H groups in total. The van der Waals surface area contributed by atoms with Gasteiger partial charge in [0.1, 0.15) is 5.75 Å². The van der Waals surface area contributed by atoms with Crippen LogP contribution in [0, 0.1) is 17.8 Å². The molecule has 2 aliphatic carbocycles. The first-order chi connectivity index (χ1) is 19.8. The molecular weight excluding hydrogens is 537 g/mol. The quantitative estimate of drug-likeness (QED) is 0.178. The van der Waals surface area contributed by atoms with E-state index in [-0.39, 0.29) is 41.5 Å². The van der Waals surface area contributed by atoms with Crippen LogP contribution in [0.25, 0.3) is 11.6 Å². The number of hydrogen-bond donors (Lipinski definition) is 2. The van der Waals surface area contributed by atoms with Crippen LogP contribution < -0.4 is 0 Å². The highest BCUT2D eigenvalue weighted by atomic mass is 35.5. The monoisotopic (exact) mass is 573 g/mol. The third kappa shape index (κ3) is 5.52. The fraction of sp³-hybridized carbons (Fsp3) is 0.455. The fourth-order valence-corrected chi connectivity index (χ4v) is 7.93. The highest BCUT2D eigenvalue weighted by Crippen LogP contribution is 2.51. The van der Waals surface area contributed by atoms with Crippen molar-refractivity contribution in [2.45, 2.75) is 76.8 Å². The summed E-state index contributed by atoms with van der Waals surface area (Å²) in [4.78, 5) is 29.0. The Morgan fingerprint density at radius 2 is 1.83 bits per heavy atom. The molecule has 0 radical (unpaired) electrons. The maximum Gasteiger partial charge on any atom is 0.455 e. The van der Waals surface area contributed by atoms with Gasteiger partial charge in [-0.1, -0.05) is 66.8 Å². The molecule has 214 valence electrons. The molecule has 8 heteroatoms. The smallest absolute Gasteiger partial charge is 0.455 e. The number of rotatable bonds is 6. The van der Waals surface area contributed by atoms with Crippen molar-refractivity contribution in [2.75, 3.05) is 0 Å². The van der Waals surface area contributed by atoms with E-state index in [0.717, 1.165) is 60.0 Å². The summed E-state index contributed by atoms with van der Waals surface area (Å²) in [7, 11) is -0.984. The number of hydrogen-bond acceptors (Lipinski definition) is 5. The standard InChI is InChI=1S/C33H37BClNO5/c1-20-16-26-31(33(39)36(32(26)38)24-10-6-3-7-11-24)27-19-34(40)41-29(30(20)27)15-13-22(21-8-4-2-5-9-21)17-23-12-14-25(37)18-28(23)35/h2,4-5,8-9,12,14,17-18,24,26-27,29,31,37,40H,3,6-7,10-11,13,15-16,19H2,1H3/b22-17-/t26-,27+,29-,31-/m1/s1. The van der Waals surface area contributed by atoms with E-state index in [2.05, 4.69) is 19.1 Å². The number of carbonyl (C=O) groups excluding carboxylic acids is 2. The van der Waals surface area contributed by atoms with E-state index in [0.29, 0.717) is 30.6 Å². The molecule has 41 heavy (non-hydrogen) atoms. The van der Waals surface area contributed by atoms with E-state index in [4.69, 9.17) is 16.3 Å². The average Bonchev–Trinajstić information content (AvgIpc) is 3.21. The Morgan fingerprint density at radius 3 is 2.56 bits per heavy atom. The number of imide groups is 1. The van der Waals surface area contributed by atoms with E-state index in [1.807, 2.05) is 24.3 Å². The number of amides is 2. The lowest BCUT2D eigenvalue weighted by molar-refractivity contribution is -0.143. The largest absolute Gasteiger partial charge is 0.508 e. The molecule has 2 aromatic rings. The maximum absolute atomic E-state index is 13.9. The molecule has 0 unspecified atom stereocenters. The van der Waals surface area contributed by atoms with E-state index >= 15 is 0 Å². The van der Waals surface area contributed by atoms with Gasteiger partial charge in [0, 0.05) is 6.04 Å². The average molecular weight is 574 g/mol. The van der Waals surface area contributed by atoms with Gasteiger partial charge in [-0.05, 0) is 97.8 Å². The highest BCUT2D eigenvalue weighted by molar-refractivity contribution is 6.43.